The lowest BCUT2D eigenvalue weighted by atomic mass is 10.2. The summed E-state index contributed by atoms with van der Waals surface area (Å²) in [6, 6.07) is 5.42. The fourth-order valence-electron chi connectivity index (χ4n) is 3.40. The Bertz CT molecular complexity index is 1100. The highest BCUT2D eigenvalue weighted by Crippen LogP contribution is 2.25. The summed E-state index contributed by atoms with van der Waals surface area (Å²) in [4.78, 5) is 12.9. The number of methoxy groups -OCH3 is 3. The number of nitrogens with zero attached hydrogens (tertiary/aromatic N) is 6. The summed E-state index contributed by atoms with van der Waals surface area (Å²) >= 11 is 5.89. The molecule has 0 fully saturated rings. The fraction of sp³-hybridized carbons (Fsp3) is 0.500. The minimum atomic E-state index is -1.60. The molecule has 3 rings (SSSR count). The normalized spacial score (nSPS) is 13.9. The molecule has 11 nitrogen and oxygen atoms in total. The molecule has 0 aromatic carbocycles. The first kappa shape index (κ1) is 26.9. The molecule has 0 saturated carbocycles. The van der Waals surface area contributed by atoms with Gasteiger partial charge in [-0.05, 0) is 32.3 Å². The summed E-state index contributed by atoms with van der Waals surface area (Å²) in [5.41, 5.74) is 0.602. The number of rotatable bonds is 14. The van der Waals surface area contributed by atoms with Gasteiger partial charge < -0.3 is 14.2 Å². The van der Waals surface area contributed by atoms with Crippen LogP contribution in [0.2, 0.25) is 5.02 Å². The molecule has 0 bridgehead atoms. The molecule has 3 unspecified atom stereocenters. The van der Waals surface area contributed by atoms with Crippen LogP contribution in [-0.4, -0.2) is 67.1 Å². The lowest BCUT2D eigenvalue weighted by Gasteiger charge is -2.21. The molecule has 3 aromatic rings. The number of aromatic nitrogens is 6. The smallest absolute Gasteiger partial charge is 0.236 e. The molecule has 3 aromatic heterocycles. The van der Waals surface area contributed by atoms with Crippen LogP contribution in [0.15, 0.2) is 30.6 Å². The lowest BCUT2D eigenvalue weighted by molar-refractivity contribution is 0.0961. The van der Waals surface area contributed by atoms with Crippen molar-refractivity contribution in [2.24, 2.45) is 0 Å². The van der Waals surface area contributed by atoms with Crippen LogP contribution in [0.4, 0.5) is 5.95 Å². The van der Waals surface area contributed by atoms with E-state index in [-0.39, 0.29) is 0 Å². The molecule has 1 N–H and O–H groups in total. The van der Waals surface area contributed by atoms with Crippen LogP contribution in [-0.2, 0) is 27.0 Å². The minimum absolute atomic E-state index is 0.369. The monoisotopic (exact) mass is 523 g/mol. The van der Waals surface area contributed by atoms with Gasteiger partial charge >= 0.3 is 0 Å². The Hall–Kier alpha value is -2.67. The van der Waals surface area contributed by atoms with Gasteiger partial charge in [-0.3, -0.25) is 9.29 Å². The van der Waals surface area contributed by atoms with Gasteiger partial charge in [-0.2, -0.15) is 0 Å². The maximum absolute atomic E-state index is 13.3. The average Bonchev–Trinajstić information content (AvgIpc) is 3.27. The third-order valence-corrected chi connectivity index (χ3v) is 6.75. The molecule has 190 valence electrons. The van der Waals surface area contributed by atoms with Crippen LogP contribution in [0.1, 0.15) is 38.1 Å². The third-order valence-electron chi connectivity index (χ3n) is 5.25. The number of anilines is 1. The number of hydrogen-bond donors (Lipinski definition) is 1. The Morgan fingerprint density at radius 1 is 1.11 bits per heavy atom. The van der Waals surface area contributed by atoms with E-state index in [4.69, 9.17) is 25.8 Å². The number of unbranched alkanes of at least 4 members (excludes halogenated alkanes) is 2. The van der Waals surface area contributed by atoms with Gasteiger partial charge in [0.15, 0.2) is 11.6 Å². The SMILES string of the molecule is COCCCCCn1c(NS(=O)C(C)C(OC)c2ncc(Cl)cn2)nnc1-c1cccc(OC)n1. The average molecular weight is 524 g/mol. The summed E-state index contributed by atoms with van der Waals surface area (Å²) < 4.78 is 34.1. The molecule has 13 heteroatoms. The van der Waals surface area contributed by atoms with Gasteiger partial charge in [0.1, 0.15) is 22.8 Å². The van der Waals surface area contributed by atoms with Crippen molar-refractivity contribution in [1.29, 1.82) is 0 Å². The molecule has 3 heterocycles. The molecule has 35 heavy (non-hydrogen) atoms. The number of nitrogens with one attached hydrogen (secondary N) is 1. The summed E-state index contributed by atoms with van der Waals surface area (Å²) in [6.07, 6.45) is 5.09. The van der Waals surface area contributed by atoms with Gasteiger partial charge in [-0.15, -0.1) is 10.2 Å². The Balaban J connectivity index is 1.83. The molecule has 0 radical (unpaired) electrons. The van der Waals surface area contributed by atoms with Crippen LogP contribution >= 0.6 is 11.6 Å². The van der Waals surface area contributed by atoms with E-state index in [1.807, 2.05) is 16.7 Å². The van der Waals surface area contributed by atoms with E-state index in [0.717, 1.165) is 19.3 Å². The topological polar surface area (TPSA) is 126 Å². The van der Waals surface area contributed by atoms with Gasteiger partial charge in [0.2, 0.25) is 11.8 Å². The zero-order chi connectivity index (χ0) is 25.2. The molecular formula is C22H30ClN7O4S. The zero-order valence-electron chi connectivity index (χ0n) is 20.2. The molecule has 3 atom stereocenters. The van der Waals surface area contributed by atoms with E-state index >= 15 is 0 Å². The van der Waals surface area contributed by atoms with Crippen molar-refractivity contribution in [2.45, 2.75) is 44.1 Å². The van der Waals surface area contributed by atoms with E-state index in [2.05, 4.69) is 29.9 Å². The molecule has 0 aliphatic heterocycles. The summed E-state index contributed by atoms with van der Waals surface area (Å²) in [5, 5.41) is 8.50. The van der Waals surface area contributed by atoms with Gasteiger partial charge in [0, 0.05) is 45.8 Å². The minimum Gasteiger partial charge on any atom is -0.481 e. The first-order chi connectivity index (χ1) is 17.0. The second-order valence-electron chi connectivity index (χ2n) is 7.64. The van der Waals surface area contributed by atoms with Crippen LogP contribution < -0.4 is 9.46 Å². The second-order valence-corrected chi connectivity index (χ2v) is 9.62. The molecule has 0 spiro atoms. The fourth-order valence-corrected chi connectivity index (χ4v) is 4.47. The molecule has 0 aliphatic rings. The third kappa shape index (κ3) is 7.17. The van der Waals surface area contributed by atoms with Crippen molar-refractivity contribution in [3.63, 3.8) is 0 Å². The van der Waals surface area contributed by atoms with E-state index in [1.165, 1.54) is 19.5 Å². The van der Waals surface area contributed by atoms with Crippen LogP contribution in [0.5, 0.6) is 5.88 Å². The highest BCUT2D eigenvalue weighted by molar-refractivity contribution is 7.87. The quantitative estimate of drug-likeness (QED) is 0.316. The predicted molar refractivity (Wildman–Crippen MR) is 134 cm³/mol. The summed E-state index contributed by atoms with van der Waals surface area (Å²) in [7, 11) is 3.17. The van der Waals surface area contributed by atoms with E-state index < -0.39 is 22.3 Å². The maximum Gasteiger partial charge on any atom is 0.236 e. The Labute approximate surface area is 212 Å². The van der Waals surface area contributed by atoms with Crippen LogP contribution in [0.25, 0.3) is 11.5 Å². The second kappa shape index (κ2) is 13.4. The van der Waals surface area contributed by atoms with Crippen LogP contribution in [0.3, 0.4) is 0 Å². The van der Waals surface area contributed by atoms with E-state index in [0.29, 0.717) is 47.3 Å². The number of hydrogen-bond acceptors (Lipinski definition) is 9. The van der Waals surface area contributed by atoms with Crippen molar-refractivity contribution >= 4 is 28.5 Å². The maximum atomic E-state index is 13.3. The first-order valence-electron chi connectivity index (χ1n) is 11.1. The summed E-state index contributed by atoms with van der Waals surface area (Å²) in [5.74, 6) is 1.77. The standard InChI is InChI=1S/C22H30ClN7O4S/c1-15(19(34-4)20-24-13-16(23)14-25-20)35(31)29-22-28-27-21(17-9-8-10-18(26-17)33-3)30(22)11-6-5-7-12-32-2/h8-10,13-15,19H,5-7,11-12H2,1-4H3,(H,28,29). The first-order valence-corrected chi connectivity index (χ1v) is 12.7. The lowest BCUT2D eigenvalue weighted by Crippen LogP contribution is -2.28. The highest BCUT2D eigenvalue weighted by atomic mass is 35.5. The van der Waals surface area contributed by atoms with Gasteiger partial charge in [0.25, 0.3) is 0 Å². The number of pyridine rings is 1. The molecule has 0 saturated heterocycles. The zero-order valence-corrected chi connectivity index (χ0v) is 21.8. The Kier molecular flexibility index (Phi) is 10.3. The van der Waals surface area contributed by atoms with Gasteiger partial charge in [-0.1, -0.05) is 17.7 Å². The molecule has 0 aliphatic carbocycles. The molecular weight excluding hydrogens is 494 g/mol. The Morgan fingerprint density at radius 3 is 2.57 bits per heavy atom. The summed E-state index contributed by atoms with van der Waals surface area (Å²) in [6.45, 7) is 3.09. The molecule has 0 amide bonds. The van der Waals surface area contributed by atoms with Gasteiger partial charge in [0.05, 0.1) is 17.4 Å². The number of halogens is 1. The van der Waals surface area contributed by atoms with Crippen LogP contribution in [0, 0.1) is 0 Å². The largest absolute Gasteiger partial charge is 0.481 e. The van der Waals surface area contributed by atoms with Crippen molar-refractivity contribution in [2.75, 3.05) is 32.7 Å². The number of ether oxygens (including phenoxy) is 3. The van der Waals surface area contributed by atoms with Crippen molar-refractivity contribution in [1.82, 2.24) is 29.7 Å². The van der Waals surface area contributed by atoms with Crippen molar-refractivity contribution in [3.05, 3.63) is 41.4 Å². The predicted octanol–water partition coefficient (Wildman–Crippen LogP) is 3.46. The van der Waals surface area contributed by atoms with Crippen molar-refractivity contribution < 1.29 is 18.4 Å². The van der Waals surface area contributed by atoms with Crippen molar-refractivity contribution in [3.8, 4) is 17.4 Å². The van der Waals surface area contributed by atoms with E-state index in [1.54, 1.807) is 27.2 Å². The van der Waals surface area contributed by atoms with E-state index in [9.17, 15) is 4.21 Å². The van der Waals surface area contributed by atoms with Gasteiger partial charge in [-0.25, -0.2) is 19.2 Å². The Morgan fingerprint density at radius 2 is 1.89 bits per heavy atom. The highest BCUT2D eigenvalue weighted by Gasteiger charge is 2.28.